The summed E-state index contributed by atoms with van der Waals surface area (Å²) < 4.78 is 0. The predicted octanol–water partition coefficient (Wildman–Crippen LogP) is 2.05. The van der Waals surface area contributed by atoms with Gasteiger partial charge in [-0.2, -0.15) is 0 Å². The van der Waals surface area contributed by atoms with E-state index in [0.717, 1.165) is 12.2 Å². The molecule has 1 aliphatic rings. The Bertz CT molecular complexity index is 519. The van der Waals surface area contributed by atoms with E-state index in [1.54, 1.807) is 11.8 Å². The van der Waals surface area contributed by atoms with Gasteiger partial charge in [0.1, 0.15) is 6.04 Å². The minimum absolute atomic E-state index is 0.0259. The molecule has 0 aromatic heterocycles. The van der Waals surface area contributed by atoms with E-state index in [1.807, 2.05) is 6.92 Å². The zero-order valence-corrected chi connectivity index (χ0v) is 13.8. The minimum Gasteiger partial charge on any atom is -0.354 e. The Morgan fingerprint density at radius 1 is 1.41 bits per heavy atom. The summed E-state index contributed by atoms with van der Waals surface area (Å²) >= 11 is 1.70. The van der Waals surface area contributed by atoms with Crippen LogP contribution in [0.15, 0.2) is 29.2 Å². The first-order valence-corrected chi connectivity index (χ1v) is 8.57. The summed E-state index contributed by atoms with van der Waals surface area (Å²) in [6.45, 7) is 4.72. The van der Waals surface area contributed by atoms with Crippen LogP contribution >= 0.6 is 11.8 Å². The van der Waals surface area contributed by atoms with Gasteiger partial charge in [-0.15, -0.1) is 11.8 Å². The number of nitrogens with one attached hydrogen (secondary N) is 3. The van der Waals surface area contributed by atoms with Crippen LogP contribution in [-0.2, 0) is 4.79 Å². The van der Waals surface area contributed by atoms with Gasteiger partial charge >= 0.3 is 6.03 Å². The quantitative estimate of drug-likeness (QED) is 0.727. The summed E-state index contributed by atoms with van der Waals surface area (Å²) in [5.74, 6) is 0.691. The molecule has 120 valence electrons. The van der Waals surface area contributed by atoms with Gasteiger partial charge < -0.3 is 16.0 Å². The zero-order chi connectivity index (χ0) is 15.9. The topological polar surface area (TPSA) is 70.2 Å². The normalized spacial score (nSPS) is 19.2. The van der Waals surface area contributed by atoms with Gasteiger partial charge in [-0.05, 0) is 38.8 Å². The van der Waals surface area contributed by atoms with Gasteiger partial charge in [0.05, 0.1) is 0 Å². The van der Waals surface area contributed by atoms with Crippen molar-refractivity contribution >= 4 is 23.7 Å². The van der Waals surface area contributed by atoms with Crippen LogP contribution in [0, 0.1) is 6.92 Å². The molecule has 2 atom stereocenters. The molecule has 1 aromatic rings. The van der Waals surface area contributed by atoms with E-state index in [4.69, 9.17) is 0 Å². The molecule has 0 bridgehead atoms. The maximum Gasteiger partial charge on any atom is 0.315 e. The van der Waals surface area contributed by atoms with Crippen molar-refractivity contribution in [3.63, 3.8) is 0 Å². The lowest BCUT2D eigenvalue weighted by molar-refractivity contribution is -0.124. The maximum atomic E-state index is 11.9. The monoisotopic (exact) mass is 321 g/mol. The first-order chi connectivity index (χ1) is 10.5. The Labute approximate surface area is 135 Å². The van der Waals surface area contributed by atoms with Gasteiger partial charge in [-0.25, -0.2) is 4.79 Å². The number of urea groups is 1. The van der Waals surface area contributed by atoms with Gasteiger partial charge in [0, 0.05) is 23.2 Å². The first-order valence-electron chi connectivity index (χ1n) is 7.59. The second kappa shape index (κ2) is 8.08. The van der Waals surface area contributed by atoms with Crippen LogP contribution in [0.3, 0.4) is 0 Å². The molecule has 1 fully saturated rings. The standard InChI is InChI=1S/C16H23N3O2S/c1-11-5-7-13(8-6-11)22-10-12(2)18-16(21)19-14-4-3-9-17-15(14)20/h5-8,12,14H,3-4,9-10H2,1-2H3,(H,17,20)(H2,18,19,21). The third-order valence-electron chi connectivity index (χ3n) is 3.49. The summed E-state index contributed by atoms with van der Waals surface area (Å²) in [7, 11) is 0. The average Bonchev–Trinajstić information content (AvgIpc) is 2.49. The molecule has 6 heteroatoms. The van der Waals surface area contributed by atoms with E-state index in [1.165, 1.54) is 10.5 Å². The summed E-state index contributed by atoms with van der Waals surface area (Å²) in [6, 6.07) is 7.66. The fourth-order valence-corrected chi connectivity index (χ4v) is 3.09. The number of rotatable bonds is 5. The molecule has 1 heterocycles. The number of hydrogen-bond acceptors (Lipinski definition) is 3. The summed E-state index contributed by atoms with van der Waals surface area (Å²) in [4.78, 5) is 24.7. The van der Waals surface area contributed by atoms with Crippen molar-refractivity contribution < 1.29 is 9.59 Å². The van der Waals surface area contributed by atoms with Gasteiger partial charge in [0.2, 0.25) is 5.91 Å². The van der Waals surface area contributed by atoms with Crippen LogP contribution in [0.5, 0.6) is 0 Å². The molecule has 0 spiro atoms. The highest BCUT2D eigenvalue weighted by Gasteiger charge is 2.23. The number of benzene rings is 1. The van der Waals surface area contributed by atoms with Crippen molar-refractivity contribution in [2.75, 3.05) is 12.3 Å². The minimum atomic E-state index is -0.411. The van der Waals surface area contributed by atoms with Crippen molar-refractivity contribution in [1.29, 1.82) is 0 Å². The van der Waals surface area contributed by atoms with Crippen LogP contribution in [-0.4, -0.2) is 36.3 Å². The maximum absolute atomic E-state index is 11.9. The fraction of sp³-hybridized carbons (Fsp3) is 0.500. The molecule has 3 amide bonds. The third kappa shape index (κ3) is 5.26. The predicted molar refractivity (Wildman–Crippen MR) is 89.1 cm³/mol. The van der Waals surface area contributed by atoms with Crippen LogP contribution in [0.25, 0.3) is 0 Å². The molecule has 1 saturated heterocycles. The lowest BCUT2D eigenvalue weighted by Crippen LogP contribution is -2.54. The van der Waals surface area contributed by atoms with Crippen molar-refractivity contribution in [2.45, 2.75) is 43.7 Å². The molecule has 22 heavy (non-hydrogen) atoms. The number of aryl methyl sites for hydroxylation is 1. The van der Waals surface area contributed by atoms with Crippen molar-refractivity contribution in [2.24, 2.45) is 0 Å². The molecule has 2 unspecified atom stereocenters. The van der Waals surface area contributed by atoms with Gasteiger partial charge in [0.15, 0.2) is 0 Å². The van der Waals surface area contributed by atoms with Crippen molar-refractivity contribution in [1.82, 2.24) is 16.0 Å². The molecule has 2 rings (SSSR count). The Kier molecular flexibility index (Phi) is 6.12. The molecule has 0 saturated carbocycles. The number of carbonyl (C=O) groups is 2. The highest BCUT2D eigenvalue weighted by atomic mass is 32.2. The largest absolute Gasteiger partial charge is 0.354 e. The number of amides is 3. The Morgan fingerprint density at radius 3 is 2.82 bits per heavy atom. The Balaban J connectivity index is 1.71. The van der Waals surface area contributed by atoms with Gasteiger partial charge in [-0.1, -0.05) is 17.7 Å². The van der Waals surface area contributed by atoms with Crippen molar-refractivity contribution in [3.8, 4) is 0 Å². The average molecular weight is 321 g/mol. The lowest BCUT2D eigenvalue weighted by Gasteiger charge is -2.24. The number of carbonyl (C=O) groups excluding carboxylic acids is 2. The molecule has 3 N–H and O–H groups in total. The molecule has 1 aromatic carbocycles. The number of hydrogen-bond donors (Lipinski definition) is 3. The lowest BCUT2D eigenvalue weighted by atomic mass is 10.1. The molecule has 0 aliphatic carbocycles. The molecular formula is C16H23N3O2S. The summed E-state index contributed by atoms with van der Waals surface area (Å²) in [5.41, 5.74) is 1.24. The molecule has 5 nitrogen and oxygen atoms in total. The number of thioether (sulfide) groups is 1. The first kappa shape index (κ1) is 16.7. The van der Waals surface area contributed by atoms with E-state index >= 15 is 0 Å². The van der Waals surface area contributed by atoms with E-state index in [0.29, 0.717) is 13.0 Å². The van der Waals surface area contributed by atoms with Gasteiger partial charge in [-0.3, -0.25) is 4.79 Å². The van der Waals surface area contributed by atoms with E-state index in [9.17, 15) is 9.59 Å². The molecule has 0 radical (unpaired) electrons. The van der Waals surface area contributed by atoms with E-state index < -0.39 is 6.04 Å². The fourth-order valence-electron chi connectivity index (χ4n) is 2.23. The Hall–Kier alpha value is -1.69. The SMILES string of the molecule is Cc1ccc(SCC(C)NC(=O)NC2CCCNC2=O)cc1. The van der Waals surface area contributed by atoms with Crippen LogP contribution in [0.4, 0.5) is 4.79 Å². The van der Waals surface area contributed by atoms with Crippen molar-refractivity contribution in [3.05, 3.63) is 29.8 Å². The number of piperidine rings is 1. The smallest absolute Gasteiger partial charge is 0.315 e. The van der Waals surface area contributed by atoms with Crippen LogP contribution < -0.4 is 16.0 Å². The van der Waals surface area contributed by atoms with E-state index in [-0.39, 0.29) is 18.0 Å². The zero-order valence-electron chi connectivity index (χ0n) is 13.0. The van der Waals surface area contributed by atoms with E-state index in [2.05, 4.69) is 47.1 Å². The third-order valence-corrected chi connectivity index (χ3v) is 4.76. The second-order valence-corrected chi connectivity index (χ2v) is 6.72. The Morgan fingerprint density at radius 2 is 2.14 bits per heavy atom. The molecule has 1 aliphatic heterocycles. The highest BCUT2D eigenvalue weighted by molar-refractivity contribution is 7.99. The molecular weight excluding hydrogens is 298 g/mol. The van der Waals surface area contributed by atoms with Gasteiger partial charge in [0.25, 0.3) is 0 Å². The van der Waals surface area contributed by atoms with Crippen LogP contribution in [0.2, 0.25) is 0 Å². The summed E-state index contributed by atoms with van der Waals surface area (Å²) in [5, 5.41) is 8.37. The summed E-state index contributed by atoms with van der Waals surface area (Å²) in [6.07, 6.45) is 1.60. The second-order valence-electron chi connectivity index (χ2n) is 5.63. The van der Waals surface area contributed by atoms with Crippen LogP contribution in [0.1, 0.15) is 25.3 Å². The highest BCUT2D eigenvalue weighted by Crippen LogP contribution is 2.19.